The van der Waals surface area contributed by atoms with Crippen LogP contribution in [0.4, 0.5) is 30.7 Å². The molecule has 0 heterocycles. The van der Waals surface area contributed by atoms with Gasteiger partial charge in [-0.1, -0.05) is 25.5 Å². The fourth-order valence-electron chi connectivity index (χ4n) is 3.87. The molecule has 1 aliphatic rings. The smallest absolute Gasteiger partial charge is 0.429 e. The molecule has 31 heavy (non-hydrogen) atoms. The van der Waals surface area contributed by atoms with Gasteiger partial charge >= 0.3 is 12.5 Å². The molecule has 0 saturated heterocycles. The molecule has 9 heteroatoms. The van der Waals surface area contributed by atoms with E-state index >= 15 is 0 Å². The average molecular weight is 450 g/mol. The quantitative estimate of drug-likeness (QED) is 0.421. The summed E-state index contributed by atoms with van der Waals surface area (Å²) in [4.78, 5) is 0. The van der Waals surface area contributed by atoms with Crippen LogP contribution in [0.1, 0.15) is 56.1 Å². The fraction of sp³-hybridized carbons (Fsp3) is 0.455. The van der Waals surface area contributed by atoms with E-state index in [0.29, 0.717) is 5.92 Å². The lowest BCUT2D eigenvalue weighted by atomic mass is 9.78. The van der Waals surface area contributed by atoms with Gasteiger partial charge in [0, 0.05) is 12.1 Å². The highest BCUT2D eigenvalue weighted by Crippen LogP contribution is 2.39. The van der Waals surface area contributed by atoms with Gasteiger partial charge in [0.1, 0.15) is 5.75 Å². The van der Waals surface area contributed by atoms with Crippen LogP contribution in [0.2, 0.25) is 0 Å². The summed E-state index contributed by atoms with van der Waals surface area (Å²) in [7, 11) is 0. The molecular weight excluding hydrogens is 429 g/mol. The van der Waals surface area contributed by atoms with Crippen molar-refractivity contribution in [3.05, 3.63) is 59.2 Å². The van der Waals surface area contributed by atoms with Crippen LogP contribution >= 0.6 is 0 Å². The van der Waals surface area contributed by atoms with Gasteiger partial charge in [0.25, 0.3) is 0 Å². The SMILES string of the molecule is CC[C@H]1CC[C@H](c2ccc(C(F)(F)Oc3cc(F)c(OC(F)(F)F)c(F)c3)cc2)CC1. The second kappa shape index (κ2) is 8.96. The van der Waals surface area contributed by atoms with Crippen molar-refractivity contribution in [2.75, 3.05) is 0 Å². The van der Waals surface area contributed by atoms with Gasteiger partial charge in [0.05, 0.1) is 5.56 Å². The van der Waals surface area contributed by atoms with E-state index in [9.17, 15) is 30.7 Å². The molecule has 2 aromatic carbocycles. The summed E-state index contributed by atoms with van der Waals surface area (Å²) in [6, 6.07) is 5.91. The Labute approximate surface area is 175 Å². The zero-order chi connectivity index (χ0) is 22.8. The Morgan fingerprint density at radius 2 is 1.39 bits per heavy atom. The molecule has 0 radical (unpaired) electrons. The number of alkyl halides is 5. The first-order chi connectivity index (χ1) is 14.5. The normalized spacial score (nSPS) is 19.9. The van der Waals surface area contributed by atoms with Gasteiger partial charge in [-0.3, -0.25) is 0 Å². The van der Waals surface area contributed by atoms with Crippen molar-refractivity contribution in [1.29, 1.82) is 0 Å². The van der Waals surface area contributed by atoms with E-state index in [1.165, 1.54) is 12.1 Å². The maximum Gasteiger partial charge on any atom is 0.573 e. The second-order valence-corrected chi connectivity index (χ2v) is 7.63. The van der Waals surface area contributed by atoms with Gasteiger partial charge in [-0.2, -0.15) is 8.78 Å². The second-order valence-electron chi connectivity index (χ2n) is 7.63. The minimum atomic E-state index is -5.34. The lowest BCUT2D eigenvalue weighted by Crippen LogP contribution is -2.23. The average Bonchev–Trinajstić information content (AvgIpc) is 2.70. The topological polar surface area (TPSA) is 18.5 Å². The minimum Gasteiger partial charge on any atom is -0.429 e. The first kappa shape index (κ1) is 23.2. The van der Waals surface area contributed by atoms with Gasteiger partial charge in [-0.05, 0) is 55.2 Å². The lowest BCUT2D eigenvalue weighted by molar-refractivity contribution is -0.276. The first-order valence-corrected chi connectivity index (χ1v) is 9.90. The van der Waals surface area contributed by atoms with Gasteiger partial charge in [-0.25, -0.2) is 8.78 Å². The summed E-state index contributed by atoms with van der Waals surface area (Å²) >= 11 is 0. The Bertz CT molecular complexity index is 863. The number of hydrogen-bond donors (Lipinski definition) is 0. The van der Waals surface area contributed by atoms with E-state index in [4.69, 9.17) is 0 Å². The zero-order valence-corrected chi connectivity index (χ0v) is 16.6. The molecular formula is C22H21F7O2. The van der Waals surface area contributed by atoms with Crippen molar-refractivity contribution < 1.29 is 40.2 Å². The Morgan fingerprint density at radius 3 is 1.87 bits per heavy atom. The standard InChI is InChI=1S/C22H21F7O2/c1-2-13-3-5-14(6-4-13)15-7-9-16(10-8-15)21(25,26)30-17-11-18(23)20(19(24)12-17)31-22(27,28)29/h7-14H,2-6H2,1H3/t13-,14-. The van der Waals surface area contributed by atoms with E-state index in [0.717, 1.165) is 37.7 Å². The van der Waals surface area contributed by atoms with Gasteiger partial charge in [0.2, 0.25) is 5.75 Å². The molecule has 0 N–H and O–H groups in total. The zero-order valence-electron chi connectivity index (χ0n) is 16.6. The van der Waals surface area contributed by atoms with Crippen molar-refractivity contribution >= 4 is 0 Å². The van der Waals surface area contributed by atoms with Crippen molar-refractivity contribution in [3.63, 3.8) is 0 Å². The molecule has 0 aliphatic heterocycles. The fourth-order valence-corrected chi connectivity index (χ4v) is 3.87. The highest BCUT2D eigenvalue weighted by Gasteiger charge is 2.37. The number of ether oxygens (including phenoxy) is 2. The Kier molecular flexibility index (Phi) is 6.71. The molecule has 170 valence electrons. The lowest BCUT2D eigenvalue weighted by Gasteiger charge is -2.28. The summed E-state index contributed by atoms with van der Waals surface area (Å²) in [6.45, 7) is 2.15. The third kappa shape index (κ3) is 5.83. The Balaban J connectivity index is 1.72. The van der Waals surface area contributed by atoms with E-state index in [1.807, 2.05) is 0 Å². The van der Waals surface area contributed by atoms with Crippen molar-refractivity contribution in [3.8, 4) is 11.5 Å². The van der Waals surface area contributed by atoms with Gasteiger partial charge in [-0.15, -0.1) is 13.2 Å². The Hall–Kier alpha value is -2.45. The van der Waals surface area contributed by atoms with E-state index < -0.39 is 41.2 Å². The van der Waals surface area contributed by atoms with E-state index in [1.54, 1.807) is 12.1 Å². The molecule has 0 spiro atoms. The molecule has 1 saturated carbocycles. The van der Waals surface area contributed by atoms with Crippen LogP contribution in [0.25, 0.3) is 0 Å². The predicted octanol–water partition coefficient (Wildman–Crippen LogP) is 7.68. The van der Waals surface area contributed by atoms with Crippen LogP contribution in [0.15, 0.2) is 36.4 Å². The predicted molar refractivity (Wildman–Crippen MR) is 99.0 cm³/mol. The molecule has 0 bridgehead atoms. The van der Waals surface area contributed by atoms with Crippen LogP contribution in [0.3, 0.4) is 0 Å². The monoisotopic (exact) mass is 450 g/mol. The summed E-state index contributed by atoms with van der Waals surface area (Å²) in [5.41, 5.74) is 0.384. The number of hydrogen-bond acceptors (Lipinski definition) is 2. The molecule has 3 rings (SSSR count). The summed E-state index contributed by atoms with van der Waals surface area (Å²) < 4.78 is 101. The van der Waals surface area contributed by atoms with Crippen molar-refractivity contribution in [2.24, 2.45) is 5.92 Å². The van der Waals surface area contributed by atoms with Crippen LogP contribution in [0, 0.1) is 17.6 Å². The van der Waals surface area contributed by atoms with Crippen LogP contribution in [-0.4, -0.2) is 6.36 Å². The maximum atomic E-state index is 14.5. The highest BCUT2D eigenvalue weighted by molar-refractivity contribution is 5.36. The molecule has 2 nitrogen and oxygen atoms in total. The van der Waals surface area contributed by atoms with Crippen LogP contribution in [-0.2, 0) is 6.11 Å². The highest BCUT2D eigenvalue weighted by atomic mass is 19.4. The van der Waals surface area contributed by atoms with Crippen LogP contribution in [0.5, 0.6) is 11.5 Å². The summed E-state index contributed by atoms with van der Waals surface area (Å²) in [6.07, 6.45) is -4.03. The molecule has 1 aliphatic carbocycles. The van der Waals surface area contributed by atoms with Crippen molar-refractivity contribution in [1.82, 2.24) is 0 Å². The molecule has 0 atom stereocenters. The number of benzene rings is 2. The summed E-state index contributed by atoms with van der Waals surface area (Å²) in [5, 5.41) is 0. The molecule has 1 fully saturated rings. The molecule has 2 aromatic rings. The minimum absolute atomic E-state index is 0.207. The van der Waals surface area contributed by atoms with Gasteiger partial charge in [0.15, 0.2) is 11.6 Å². The Morgan fingerprint density at radius 1 is 0.839 bits per heavy atom. The van der Waals surface area contributed by atoms with Gasteiger partial charge < -0.3 is 9.47 Å². The maximum absolute atomic E-state index is 14.5. The van der Waals surface area contributed by atoms with Crippen LogP contribution < -0.4 is 9.47 Å². The summed E-state index contributed by atoms with van der Waals surface area (Å²) in [5.74, 6) is -5.37. The number of halogens is 7. The first-order valence-electron chi connectivity index (χ1n) is 9.90. The molecule has 0 unspecified atom stereocenters. The third-order valence-electron chi connectivity index (χ3n) is 5.58. The largest absolute Gasteiger partial charge is 0.573 e. The van der Waals surface area contributed by atoms with E-state index in [-0.39, 0.29) is 18.1 Å². The molecule has 0 amide bonds. The van der Waals surface area contributed by atoms with E-state index in [2.05, 4.69) is 16.4 Å². The van der Waals surface area contributed by atoms with Crippen molar-refractivity contribution in [2.45, 2.75) is 57.4 Å². The molecule has 0 aromatic heterocycles. The third-order valence-corrected chi connectivity index (χ3v) is 5.58. The number of rotatable bonds is 6.